The van der Waals surface area contributed by atoms with Crippen molar-refractivity contribution in [2.45, 2.75) is 110 Å². The van der Waals surface area contributed by atoms with Gasteiger partial charge in [-0.2, -0.15) is 0 Å². The summed E-state index contributed by atoms with van der Waals surface area (Å²) in [4.78, 5) is 0. The monoisotopic (exact) mass is 371 g/mol. The van der Waals surface area contributed by atoms with Gasteiger partial charge in [-0.3, -0.25) is 0 Å². The van der Waals surface area contributed by atoms with E-state index in [1.807, 2.05) is 6.07 Å². The fourth-order valence-electron chi connectivity index (χ4n) is 5.25. The fraction of sp³-hybridized carbons (Fsp3) is 0.760. The van der Waals surface area contributed by atoms with Gasteiger partial charge >= 0.3 is 0 Å². The van der Waals surface area contributed by atoms with Crippen molar-refractivity contribution < 1.29 is 5.11 Å². The van der Waals surface area contributed by atoms with E-state index in [2.05, 4.69) is 52.9 Å². The largest absolute Gasteiger partial charge is 0.508 e. The second kappa shape index (κ2) is 7.78. The van der Waals surface area contributed by atoms with Crippen LogP contribution in [0.15, 0.2) is 12.1 Å². The highest BCUT2D eigenvalue weighted by atomic mass is 16.3. The minimum Gasteiger partial charge on any atom is -0.508 e. The summed E-state index contributed by atoms with van der Waals surface area (Å²) in [7, 11) is 0. The Bertz CT molecular complexity index is 650. The lowest BCUT2D eigenvalue weighted by Crippen LogP contribution is -2.38. The Labute approximate surface area is 167 Å². The predicted molar refractivity (Wildman–Crippen MR) is 115 cm³/mol. The molecule has 3 unspecified atom stereocenters. The summed E-state index contributed by atoms with van der Waals surface area (Å²) in [6.45, 7) is 14.2. The first kappa shape index (κ1) is 20.7. The van der Waals surface area contributed by atoms with Gasteiger partial charge in [0.15, 0.2) is 0 Å². The molecular formula is C25H41NO. The Kier molecular flexibility index (Phi) is 5.96. The first-order valence-electron chi connectivity index (χ1n) is 11.2. The van der Waals surface area contributed by atoms with Crippen LogP contribution in [0.3, 0.4) is 0 Å². The van der Waals surface area contributed by atoms with Crippen LogP contribution in [0.25, 0.3) is 0 Å². The summed E-state index contributed by atoms with van der Waals surface area (Å²) in [6.07, 6.45) is 9.79. The van der Waals surface area contributed by atoms with Crippen LogP contribution in [0.2, 0.25) is 0 Å². The molecule has 0 aliphatic heterocycles. The number of aromatic hydroxyl groups is 1. The first-order chi connectivity index (χ1) is 12.6. The maximum atomic E-state index is 10.9. The number of rotatable bonds is 3. The maximum absolute atomic E-state index is 10.9. The van der Waals surface area contributed by atoms with Crippen molar-refractivity contribution in [1.29, 1.82) is 0 Å². The van der Waals surface area contributed by atoms with Crippen LogP contribution in [-0.2, 0) is 17.4 Å². The summed E-state index contributed by atoms with van der Waals surface area (Å²) in [6, 6.07) is 4.93. The Morgan fingerprint density at radius 1 is 0.889 bits per heavy atom. The van der Waals surface area contributed by atoms with Gasteiger partial charge in [0.05, 0.1) is 0 Å². The van der Waals surface area contributed by atoms with E-state index in [-0.39, 0.29) is 10.8 Å². The Morgan fingerprint density at radius 2 is 1.56 bits per heavy atom. The zero-order valence-electron chi connectivity index (χ0n) is 18.5. The summed E-state index contributed by atoms with van der Waals surface area (Å²) in [5, 5.41) is 14.7. The summed E-state index contributed by atoms with van der Waals surface area (Å²) in [5.74, 6) is 2.39. The Morgan fingerprint density at radius 3 is 2.19 bits per heavy atom. The number of hydrogen-bond acceptors (Lipinski definition) is 2. The topological polar surface area (TPSA) is 32.3 Å². The Balaban J connectivity index is 1.76. The van der Waals surface area contributed by atoms with Gasteiger partial charge in [-0.25, -0.2) is 0 Å². The summed E-state index contributed by atoms with van der Waals surface area (Å²) >= 11 is 0. The smallest absolute Gasteiger partial charge is 0.120 e. The van der Waals surface area contributed by atoms with E-state index in [4.69, 9.17) is 0 Å². The van der Waals surface area contributed by atoms with Crippen molar-refractivity contribution in [3.8, 4) is 5.75 Å². The molecule has 1 aromatic rings. The first-order valence-corrected chi connectivity index (χ1v) is 11.2. The second-order valence-corrected chi connectivity index (χ2v) is 11.2. The lowest BCUT2D eigenvalue weighted by atomic mass is 9.69. The zero-order chi connectivity index (χ0) is 19.8. The average molecular weight is 372 g/mol. The van der Waals surface area contributed by atoms with Crippen molar-refractivity contribution in [3.05, 3.63) is 28.8 Å². The fourth-order valence-corrected chi connectivity index (χ4v) is 5.25. The molecule has 2 saturated carbocycles. The molecule has 3 rings (SSSR count). The highest BCUT2D eigenvalue weighted by Gasteiger charge is 2.32. The molecular weight excluding hydrogens is 330 g/mol. The van der Waals surface area contributed by atoms with Crippen LogP contribution in [-0.4, -0.2) is 11.1 Å². The van der Waals surface area contributed by atoms with Gasteiger partial charge in [-0.15, -0.1) is 0 Å². The average Bonchev–Trinajstić information content (AvgIpc) is 2.58. The molecule has 0 radical (unpaired) electrons. The normalized spacial score (nSPS) is 26.7. The van der Waals surface area contributed by atoms with Gasteiger partial charge in [-0.05, 0) is 59.1 Å². The number of fused-ring (bicyclic) bond motifs is 1. The number of hydrogen-bond donors (Lipinski definition) is 2. The zero-order valence-corrected chi connectivity index (χ0v) is 18.5. The standard InChI is InChI=1S/C25H41NO/c1-24(2,3)19-14-22(25(4,5)6)21(23(27)15-19)16-26-20-12-11-17-9-7-8-10-18(17)13-20/h14-15,17-18,20,26-27H,7-13,16H2,1-6H3. The van der Waals surface area contributed by atoms with E-state index in [0.29, 0.717) is 11.8 Å². The lowest BCUT2D eigenvalue weighted by molar-refractivity contribution is 0.143. The van der Waals surface area contributed by atoms with Crippen molar-refractivity contribution in [3.63, 3.8) is 0 Å². The van der Waals surface area contributed by atoms with Gasteiger partial charge in [0.2, 0.25) is 0 Å². The third-order valence-corrected chi connectivity index (χ3v) is 7.01. The van der Waals surface area contributed by atoms with E-state index in [9.17, 15) is 5.11 Å². The minimum atomic E-state index is 0.0246. The van der Waals surface area contributed by atoms with Crippen LogP contribution in [0, 0.1) is 11.8 Å². The van der Waals surface area contributed by atoms with E-state index in [1.54, 1.807) is 0 Å². The van der Waals surface area contributed by atoms with Crippen LogP contribution in [0.5, 0.6) is 5.75 Å². The quantitative estimate of drug-likeness (QED) is 0.641. The van der Waals surface area contributed by atoms with E-state index in [0.717, 1.165) is 23.9 Å². The molecule has 2 fully saturated rings. The van der Waals surface area contributed by atoms with Gasteiger partial charge in [0, 0.05) is 18.2 Å². The Hall–Kier alpha value is -1.02. The molecule has 2 aliphatic carbocycles. The van der Waals surface area contributed by atoms with Gasteiger partial charge < -0.3 is 10.4 Å². The van der Waals surface area contributed by atoms with E-state index in [1.165, 1.54) is 56.1 Å². The van der Waals surface area contributed by atoms with Crippen molar-refractivity contribution in [2.75, 3.05) is 0 Å². The highest BCUT2D eigenvalue weighted by molar-refractivity contribution is 5.47. The predicted octanol–water partition coefficient (Wildman–Crippen LogP) is 6.44. The van der Waals surface area contributed by atoms with Crippen LogP contribution in [0.4, 0.5) is 0 Å². The summed E-state index contributed by atoms with van der Waals surface area (Å²) in [5.41, 5.74) is 3.67. The third-order valence-electron chi connectivity index (χ3n) is 7.01. The highest BCUT2D eigenvalue weighted by Crippen LogP contribution is 2.41. The maximum Gasteiger partial charge on any atom is 0.120 e. The molecule has 0 saturated heterocycles. The molecule has 0 amide bonds. The van der Waals surface area contributed by atoms with Crippen molar-refractivity contribution in [2.24, 2.45) is 11.8 Å². The van der Waals surface area contributed by atoms with Gasteiger partial charge in [-0.1, -0.05) is 73.3 Å². The number of benzene rings is 1. The SMILES string of the molecule is CC(C)(C)c1cc(O)c(CNC2CCC3CCCCC3C2)c(C(C)(C)C)c1. The lowest BCUT2D eigenvalue weighted by Gasteiger charge is -2.40. The van der Waals surface area contributed by atoms with Gasteiger partial charge in [0.1, 0.15) is 5.75 Å². The van der Waals surface area contributed by atoms with Crippen LogP contribution < -0.4 is 5.32 Å². The minimum absolute atomic E-state index is 0.0246. The number of phenolic OH excluding ortho intramolecular Hbond substituents is 1. The molecule has 2 aliphatic rings. The molecule has 3 atom stereocenters. The molecule has 27 heavy (non-hydrogen) atoms. The second-order valence-electron chi connectivity index (χ2n) is 11.2. The molecule has 2 N–H and O–H groups in total. The molecule has 0 spiro atoms. The van der Waals surface area contributed by atoms with Crippen LogP contribution >= 0.6 is 0 Å². The third kappa shape index (κ3) is 4.88. The molecule has 2 nitrogen and oxygen atoms in total. The number of phenols is 1. The number of nitrogens with one attached hydrogen (secondary N) is 1. The molecule has 2 heteroatoms. The van der Waals surface area contributed by atoms with E-state index >= 15 is 0 Å². The van der Waals surface area contributed by atoms with Gasteiger partial charge in [0.25, 0.3) is 0 Å². The molecule has 0 bridgehead atoms. The summed E-state index contributed by atoms with van der Waals surface area (Å²) < 4.78 is 0. The molecule has 0 heterocycles. The van der Waals surface area contributed by atoms with E-state index < -0.39 is 0 Å². The van der Waals surface area contributed by atoms with Crippen molar-refractivity contribution >= 4 is 0 Å². The van der Waals surface area contributed by atoms with Crippen LogP contribution in [0.1, 0.15) is 103 Å². The molecule has 0 aromatic heterocycles. The molecule has 1 aromatic carbocycles. The van der Waals surface area contributed by atoms with Crippen molar-refractivity contribution in [1.82, 2.24) is 5.32 Å². The molecule has 152 valence electrons.